The Morgan fingerprint density at radius 2 is 1.45 bits per heavy atom. The smallest absolute Gasteiger partial charge is 0.0342 e. The van der Waals surface area contributed by atoms with Crippen molar-refractivity contribution in [2.75, 3.05) is 7.05 Å². The minimum absolute atomic E-state index is 0.422. The van der Waals surface area contributed by atoms with Crippen molar-refractivity contribution in [1.82, 2.24) is 4.90 Å². The van der Waals surface area contributed by atoms with E-state index in [4.69, 9.17) is 0 Å². The molecule has 112 valence electrons. The Morgan fingerprint density at radius 1 is 1.00 bits per heavy atom. The van der Waals surface area contributed by atoms with Gasteiger partial charge in [0.2, 0.25) is 0 Å². The molecule has 1 aromatic rings. The van der Waals surface area contributed by atoms with E-state index in [-0.39, 0.29) is 0 Å². The summed E-state index contributed by atoms with van der Waals surface area (Å²) in [4.78, 5) is 2.41. The van der Waals surface area contributed by atoms with Gasteiger partial charge in [-0.2, -0.15) is 0 Å². The third-order valence-electron chi connectivity index (χ3n) is 3.97. The molecule has 0 amide bonds. The normalized spacial score (nSPS) is 13.2. The van der Waals surface area contributed by atoms with Crippen molar-refractivity contribution in [3.8, 4) is 0 Å². The average molecular weight is 273 g/mol. The summed E-state index contributed by atoms with van der Waals surface area (Å²) in [5, 5.41) is 0. The third kappa shape index (κ3) is 5.13. The lowest BCUT2D eigenvalue weighted by atomic mass is 9.96. The Morgan fingerprint density at radius 3 is 1.80 bits per heavy atom. The van der Waals surface area contributed by atoms with Gasteiger partial charge in [0.05, 0.1) is 0 Å². The van der Waals surface area contributed by atoms with Gasteiger partial charge in [-0.1, -0.05) is 50.3 Å². The minimum Gasteiger partial charge on any atom is -0.297 e. The quantitative estimate of drug-likeness (QED) is 0.650. The number of hydrogen-bond donors (Lipinski definition) is 0. The molecule has 0 saturated carbocycles. The van der Waals surface area contributed by atoms with E-state index >= 15 is 0 Å². The minimum atomic E-state index is 0.422. The molecule has 1 nitrogen and oxygen atoms in total. The summed E-state index contributed by atoms with van der Waals surface area (Å²) in [7, 11) is 2.19. The second-order valence-electron chi connectivity index (χ2n) is 6.74. The van der Waals surface area contributed by atoms with Gasteiger partial charge in [-0.3, -0.25) is 4.90 Å². The van der Waals surface area contributed by atoms with E-state index in [0.29, 0.717) is 12.1 Å². The highest BCUT2D eigenvalue weighted by Crippen LogP contribution is 2.17. The lowest BCUT2D eigenvalue weighted by Gasteiger charge is -2.32. The van der Waals surface area contributed by atoms with Gasteiger partial charge in [0.1, 0.15) is 0 Å². The van der Waals surface area contributed by atoms with Crippen molar-refractivity contribution in [1.29, 1.82) is 0 Å². The summed E-state index contributed by atoms with van der Waals surface area (Å²) >= 11 is 0. The molecule has 1 unspecified atom stereocenters. The van der Waals surface area contributed by atoms with Crippen LogP contribution in [0.3, 0.4) is 0 Å². The van der Waals surface area contributed by atoms with Crippen molar-refractivity contribution in [2.45, 2.75) is 59.5 Å². The molecule has 1 aromatic carbocycles. The van der Waals surface area contributed by atoms with E-state index in [9.17, 15) is 0 Å². The van der Waals surface area contributed by atoms with Crippen LogP contribution in [0, 0.1) is 5.92 Å². The van der Waals surface area contributed by atoms with Gasteiger partial charge in [-0.15, -0.1) is 0 Å². The molecular weight excluding hydrogens is 242 g/mol. The van der Waals surface area contributed by atoms with Crippen LogP contribution in [0.1, 0.15) is 45.7 Å². The fourth-order valence-electron chi connectivity index (χ4n) is 2.53. The molecule has 20 heavy (non-hydrogen) atoms. The first kappa shape index (κ1) is 17.0. The van der Waals surface area contributed by atoms with Gasteiger partial charge in [0.15, 0.2) is 0 Å². The fraction of sp³-hybridized carbons (Fsp3) is 0.579. The van der Waals surface area contributed by atoms with E-state index < -0.39 is 0 Å². The lowest BCUT2D eigenvalue weighted by molar-refractivity contribution is 0.219. The molecule has 0 fully saturated rings. The van der Waals surface area contributed by atoms with Crippen LogP contribution in [0.25, 0.3) is 0 Å². The van der Waals surface area contributed by atoms with Crippen LogP contribution < -0.4 is 0 Å². The Labute approximate surface area is 125 Å². The molecular formula is C19H31N. The topological polar surface area (TPSA) is 3.24 Å². The Kier molecular flexibility index (Phi) is 6.48. The van der Waals surface area contributed by atoms with Gasteiger partial charge < -0.3 is 0 Å². The van der Waals surface area contributed by atoms with Crippen LogP contribution in [0.2, 0.25) is 0 Å². The Hall–Kier alpha value is -1.08. The first-order valence-electron chi connectivity index (χ1n) is 7.76. The molecule has 1 heteroatoms. The Balaban J connectivity index is 2.76. The molecule has 0 aromatic heterocycles. The van der Waals surface area contributed by atoms with Gasteiger partial charge in [0.25, 0.3) is 0 Å². The average Bonchev–Trinajstić information content (AvgIpc) is 2.35. The largest absolute Gasteiger partial charge is 0.297 e. The van der Waals surface area contributed by atoms with Gasteiger partial charge in [-0.25, -0.2) is 0 Å². The van der Waals surface area contributed by atoms with Crippen LogP contribution in [0.4, 0.5) is 0 Å². The first-order chi connectivity index (χ1) is 9.31. The van der Waals surface area contributed by atoms with Crippen molar-refractivity contribution in [2.24, 2.45) is 5.92 Å². The Bertz CT molecular complexity index is 414. The molecule has 0 N–H and O–H groups in total. The van der Waals surface area contributed by atoms with Crippen molar-refractivity contribution in [3.63, 3.8) is 0 Å². The lowest BCUT2D eigenvalue weighted by Crippen LogP contribution is -2.39. The van der Waals surface area contributed by atoms with Gasteiger partial charge >= 0.3 is 0 Å². The highest BCUT2D eigenvalue weighted by molar-refractivity contribution is 5.25. The van der Waals surface area contributed by atoms with E-state index in [1.54, 1.807) is 0 Å². The molecule has 0 heterocycles. The maximum Gasteiger partial charge on any atom is 0.0342 e. The zero-order valence-corrected chi connectivity index (χ0v) is 14.1. The predicted octanol–water partition coefficient (Wildman–Crippen LogP) is 4.71. The molecule has 1 atom stereocenters. The standard InChI is InChI=1S/C19H31N/c1-14(2)12-17-8-10-18(11-9-17)13-19(15(3)4)20(7)16(5)6/h8-11,14,16,19H,3,12-13H2,1-2,4-7H3. The van der Waals surface area contributed by atoms with Crippen LogP contribution in [-0.4, -0.2) is 24.0 Å². The van der Waals surface area contributed by atoms with Gasteiger partial charge in [-0.05, 0) is 57.7 Å². The zero-order chi connectivity index (χ0) is 15.3. The monoisotopic (exact) mass is 273 g/mol. The maximum atomic E-state index is 4.17. The molecule has 0 saturated heterocycles. The van der Waals surface area contributed by atoms with Gasteiger partial charge in [0, 0.05) is 12.1 Å². The molecule has 0 spiro atoms. The predicted molar refractivity (Wildman–Crippen MR) is 90.2 cm³/mol. The first-order valence-corrected chi connectivity index (χ1v) is 7.76. The molecule has 0 radical (unpaired) electrons. The molecule has 1 rings (SSSR count). The van der Waals surface area contributed by atoms with Crippen LogP contribution in [0.5, 0.6) is 0 Å². The van der Waals surface area contributed by atoms with Crippen LogP contribution in [0.15, 0.2) is 36.4 Å². The van der Waals surface area contributed by atoms with E-state index in [1.807, 2.05) is 0 Å². The number of hydrogen-bond acceptors (Lipinski definition) is 1. The summed E-state index contributed by atoms with van der Waals surface area (Å²) in [6, 6.07) is 10.1. The van der Waals surface area contributed by atoms with Crippen molar-refractivity contribution in [3.05, 3.63) is 47.5 Å². The highest BCUT2D eigenvalue weighted by Gasteiger charge is 2.18. The SMILES string of the molecule is C=C(C)C(Cc1ccc(CC(C)C)cc1)N(C)C(C)C. The molecule has 0 aliphatic rings. The maximum absolute atomic E-state index is 4.17. The summed E-state index contributed by atoms with van der Waals surface area (Å²) in [6.45, 7) is 15.3. The number of rotatable bonds is 7. The van der Waals surface area contributed by atoms with Crippen LogP contribution >= 0.6 is 0 Å². The summed E-state index contributed by atoms with van der Waals surface area (Å²) in [6.07, 6.45) is 2.21. The highest BCUT2D eigenvalue weighted by atomic mass is 15.1. The third-order valence-corrected chi connectivity index (χ3v) is 3.97. The fourth-order valence-corrected chi connectivity index (χ4v) is 2.53. The molecule has 0 aliphatic heterocycles. The zero-order valence-electron chi connectivity index (χ0n) is 14.1. The molecule has 0 aliphatic carbocycles. The second-order valence-corrected chi connectivity index (χ2v) is 6.74. The van der Waals surface area contributed by atoms with Crippen molar-refractivity contribution >= 4 is 0 Å². The van der Waals surface area contributed by atoms with E-state index in [0.717, 1.165) is 18.8 Å². The van der Waals surface area contributed by atoms with E-state index in [2.05, 4.69) is 77.4 Å². The van der Waals surface area contributed by atoms with E-state index in [1.165, 1.54) is 16.7 Å². The number of nitrogens with zero attached hydrogens (tertiary/aromatic N) is 1. The van der Waals surface area contributed by atoms with Crippen molar-refractivity contribution < 1.29 is 0 Å². The second kappa shape index (κ2) is 7.64. The summed E-state index contributed by atoms with van der Waals surface area (Å²) in [5.74, 6) is 0.719. The number of benzene rings is 1. The number of likely N-dealkylation sites (N-methyl/N-ethyl adjacent to an activating group) is 1. The summed E-state index contributed by atoms with van der Waals surface area (Å²) < 4.78 is 0. The molecule has 0 bridgehead atoms. The van der Waals surface area contributed by atoms with Crippen LogP contribution in [-0.2, 0) is 12.8 Å². The summed E-state index contributed by atoms with van der Waals surface area (Å²) in [5.41, 5.74) is 4.08.